The van der Waals surface area contributed by atoms with Gasteiger partial charge in [-0.3, -0.25) is 4.79 Å². The van der Waals surface area contributed by atoms with E-state index in [2.05, 4.69) is 10.4 Å². The summed E-state index contributed by atoms with van der Waals surface area (Å²) < 4.78 is 28.3. The molecule has 1 aliphatic rings. The van der Waals surface area contributed by atoms with Crippen molar-refractivity contribution in [2.75, 3.05) is 5.32 Å². The van der Waals surface area contributed by atoms with E-state index in [9.17, 15) is 13.6 Å². The number of hydrogen-bond donors (Lipinski definition) is 1. The highest BCUT2D eigenvalue weighted by Gasteiger charge is 2.25. The molecule has 4 nitrogen and oxygen atoms in total. The number of fused-ring (bicyclic) bond motifs is 1. The lowest BCUT2D eigenvalue weighted by Gasteiger charge is -2.11. The van der Waals surface area contributed by atoms with Crippen molar-refractivity contribution in [3.63, 3.8) is 0 Å². The summed E-state index contributed by atoms with van der Waals surface area (Å²) >= 11 is 1.72. The van der Waals surface area contributed by atoms with Crippen LogP contribution in [0.4, 0.5) is 14.6 Å². The summed E-state index contributed by atoms with van der Waals surface area (Å²) in [6, 6.07) is 10.9. The number of thioether (sulfide) groups is 1. The second kappa shape index (κ2) is 6.57. The number of halogens is 2. The molecule has 1 aromatic heterocycles. The number of aromatic nitrogens is 2. The Morgan fingerprint density at radius 3 is 2.62 bits per heavy atom. The zero-order chi connectivity index (χ0) is 18.3. The number of amides is 1. The van der Waals surface area contributed by atoms with Crippen LogP contribution in [0.2, 0.25) is 0 Å². The van der Waals surface area contributed by atoms with Crippen molar-refractivity contribution in [3.8, 4) is 5.69 Å². The molecule has 3 aromatic rings. The third-order valence-corrected chi connectivity index (χ3v) is 5.21. The Hall–Kier alpha value is -2.67. The van der Waals surface area contributed by atoms with Crippen molar-refractivity contribution >= 4 is 23.5 Å². The van der Waals surface area contributed by atoms with Crippen molar-refractivity contribution in [3.05, 3.63) is 76.5 Å². The number of carbonyl (C=O) groups is 1. The average Bonchev–Trinajstić information content (AvgIpc) is 3.21. The topological polar surface area (TPSA) is 46.9 Å². The summed E-state index contributed by atoms with van der Waals surface area (Å²) in [6.45, 7) is 2.00. The van der Waals surface area contributed by atoms with Gasteiger partial charge in [-0.15, -0.1) is 0 Å². The highest BCUT2D eigenvalue weighted by molar-refractivity contribution is 7.98. The second-order valence-corrected chi connectivity index (χ2v) is 7.08. The first-order valence-electron chi connectivity index (χ1n) is 8.05. The van der Waals surface area contributed by atoms with Crippen LogP contribution in [0.1, 0.15) is 27.2 Å². The molecular weight excluding hydrogens is 356 g/mol. The first-order chi connectivity index (χ1) is 12.5. The van der Waals surface area contributed by atoms with E-state index in [0.29, 0.717) is 5.82 Å². The molecule has 0 saturated heterocycles. The van der Waals surface area contributed by atoms with E-state index in [4.69, 9.17) is 0 Å². The molecule has 0 bridgehead atoms. The summed E-state index contributed by atoms with van der Waals surface area (Å²) in [5.41, 5.74) is 3.90. The van der Waals surface area contributed by atoms with Crippen molar-refractivity contribution < 1.29 is 13.6 Å². The fraction of sp³-hybridized carbons (Fsp3) is 0.158. The second-order valence-electron chi connectivity index (χ2n) is 6.10. The van der Waals surface area contributed by atoms with E-state index in [1.54, 1.807) is 16.4 Å². The van der Waals surface area contributed by atoms with E-state index < -0.39 is 17.5 Å². The highest BCUT2D eigenvalue weighted by atomic mass is 32.2. The predicted octanol–water partition coefficient (Wildman–Crippen LogP) is 4.46. The molecule has 0 atom stereocenters. The minimum absolute atomic E-state index is 0.0555. The third kappa shape index (κ3) is 2.99. The van der Waals surface area contributed by atoms with Gasteiger partial charge >= 0.3 is 0 Å². The number of rotatable bonds is 3. The van der Waals surface area contributed by atoms with Crippen molar-refractivity contribution in [2.45, 2.75) is 18.4 Å². The van der Waals surface area contributed by atoms with Gasteiger partial charge in [0.2, 0.25) is 0 Å². The molecule has 2 aromatic carbocycles. The number of nitrogens with one attached hydrogen (secondary N) is 1. The molecule has 0 radical (unpaired) electrons. The molecule has 0 fully saturated rings. The molecule has 132 valence electrons. The maximum Gasteiger partial charge on any atom is 0.256 e. The van der Waals surface area contributed by atoms with E-state index in [1.807, 2.05) is 31.2 Å². The van der Waals surface area contributed by atoms with E-state index in [-0.39, 0.29) is 5.56 Å². The van der Waals surface area contributed by atoms with Crippen LogP contribution in [0.15, 0.2) is 42.5 Å². The van der Waals surface area contributed by atoms with Gasteiger partial charge < -0.3 is 5.32 Å². The van der Waals surface area contributed by atoms with E-state index in [1.165, 1.54) is 6.07 Å². The Balaban J connectivity index is 1.72. The molecule has 0 saturated carbocycles. The Labute approximate surface area is 153 Å². The van der Waals surface area contributed by atoms with Crippen LogP contribution in [0.25, 0.3) is 5.69 Å². The molecule has 7 heteroatoms. The first-order valence-corrected chi connectivity index (χ1v) is 9.20. The summed E-state index contributed by atoms with van der Waals surface area (Å²) in [5, 5.41) is 7.44. The van der Waals surface area contributed by atoms with Crippen LogP contribution in [-0.4, -0.2) is 15.7 Å². The third-order valence-electron chi connectivity index (χ3n) is 4.24. The van der Waals surface area contributed by atoms with Gasteiger partial charge in [0.1, 0.15) is 5.82 Å². The predicted molar refractivity (Wildman–Crippen MR) is 97.6 cm³/mol. The van der Waals surface area contributed by atoms with Gasteiger partial charge in [0.15, 0.2) is 11.6 Å². The zero-order valence-corrected chi connectivity index (χ0v) is 14.7. The SMILES string of the molecule is Cc1ccc(-n2nc3c(c2NC(=O)c2ccc(F)c(F)c2)CSC3)cc1. The summed E-state index contributed by atoms with van der Waals surface area (Å²) in [4.78, 5) is 12.6. The van der Waals surface area contributed by atoms with E-state index >= 15 is 0 Å². The van der Waals surface area contributed by atoms with Gasteiger partial charge in [0.25, 0.3) is 5.91 Å². The summed E-state index contributed by atoms with van der Waals surface area (Å²) in [5.74, 6) is -0.439. The maximum atomic E-state index is 13.4. The van der Waals surface area contributed by atoms with Crippen LogP contribution in [0.5, 0.6) is 0 Å². The molecule has 0 unspecified atom stereocenters. The van der Waals surface area contributed by atoms with Gasteiger partial charge in [0, 0.05) is 22.6 Å². The maximum absolute atomic E-state index is 13.4. The quantitative estimate of drug-likeness (QED) is 0.740. The number of aryl methyl sites for hydroxylation is 1. The van der Waals surface area contributed by atoms with Gasteiger partial charge in [-0.25, -0.2) is 13.5 Å². The van der Waals surface area contributed by atoms with Gasteiger partial charge in [-0.1, -0.05) is 17.7 Å². The van der Waals surface area contributed by atoms with Gasteiger partial charge in [-0.2, -0.15) is 16.9 Å². The Bertz CT molecular complexity index is 999. The molecule has 0 aliphatic carbocycles. The van der Waals surface area contributed by atoms with Crippen LogP contribution < -0.4 is 5.32 Å². The normalized spacial score (nSPS) is 12.9. The lowest BCUT2D eigenvalue weighted by Crippen LogP contribution is -2.16. The van der Waals surface area contributed by atoms with Crippen LogP contribution in [0.3, 0.4) is 0 Å². The number of nitrogens with zero attached hydrogens (tertiary/aromatic N) is 2. The van der Waals surface area contributed by atoms with Crippen molar-refractivity contribution in [1.82, 2.24) is 9.78 Å². The van der Waals surface area contributed by atoms with Crippen LogP contribution in [-0.2, 0) is 11.5 Å². The number of carbonyl (C=O) groups excluding carboxylic acids is 1. The average molecular weight is 371 g/mol. The molecular formula is C19H15F2N3OS. The molecule has 2 heterocycles. The molecule has 1 amide bonds. The fourth-order valence-corrected chi connectivity index (χ4v) is 3.87. The monoisotopic (exact) mass is 371 g/mol. The molecule has 0 spiro atoms. The number of anilines is 1. The Morgan fingerprint density at radius 1 is 1.12 bits per heavy atom. The zero-order valence-electron chi connectivity index (χ0n) is 13.9. The Morgan fingerprint density at radius 2 is 1.88 bits per heavy atom. The standard InChI is InChI=1S/C19H15F2N3OS/c1-11-2-5-13(6-3-11)24-18(14-9-26-10-17(14)23-24)22-19(25)12-4-7-15(20)16(21)8-12/h2-8H,9-10H2,1H3,(H,22,25). The number of benzene rings is 2. The minimum Gasteiger partial charge on any atom is -0.306 e. The molecule has 26 heavy (non-hydrogen) atoms. The first kappa shape index (κ1) is 16.8. The van der Waals surface area contributed by atoms with E-state index in [0.717, 1.165) is 46.1 Å². The lowest BCUT2D eigenvalue weighted by atomic mass is 10.2. The van der Waals surface area contributed by atoms with Gasteiger partial charge in [0.05, 0.1) is 11.4 Å². The van der Waals surface area contributed by atoms with Gasteiger partial charge in [-0.05, 0) is 37.3 Å². The van der Waals surface area contributed by atoms with Crippen molar-refractivity contribution in [1.29, 1.82) is 0 Å². The van der Waals surface area contributed by atoms with Crippen LogP contribution in [0, 0.1) is 18.6 Å². The number of hydrogen-bond acceptors (Lipinski definition) is 3. The molecule has 1 N–H and O–H groups in total. The van der Waals surface area contributed by atoms with Crippen LogP contribution >= 0.6 is 11.8 Å². The Kier molecular flexibility index (Phi) is 4.24. The van der Waals surface area contributed by atoms with Crippen molar-refractivity contribution in [2.24, 2.45) is 0 Å². The molecule has 1 aliphatic heterocycles. The largest absolute Gasteiger partial charge is 0.306 e. The highest BCUT2D eigenvalue weighted by Crippen LogP contribution is 2.36. The lowest BCUT2D eigenvalue weighted by molar-refractivity contribution is 0.102. The smallest absolute Gasteiger partial charge is 0.256 e. The summed E-state index contributed by atoms with van der Waals surface area (Å²) in [7, 11) is 0. The fourth-order valence-electron chi connectivity index (χ4n) is 2.83. The summed E-state index contributed by atoms with van der Waals surface area (Å²) in [6.07, 6.45) is 0. The minimum atomic E-state index is -1.05. The molecule has 4 rings (SSSR count).